The predicted octanol–water partition coefficient (Wildman–Crippen LogP) is 3.73. The lowest BCUT2D eigenvalue weighted by molar-refractivity contribution is -0.158. The minimum atomic E-state index is -1.04. The SMILES string of the molecule is CCCC[C@H](C)[C@H](CC(=O)O)OC(=O)[C@H](Cc1cccnc1)NC(=O)OC(C)(C)C. The van der Waals surface area contributed by atoms with Crippen molar-refractivity contribution in [3.05, 3.63) is 30.1 Å². The van der Waals surface area contributed by atoms with Crippen LogP contribution in [0.5, 0.6) is 0 Å². The van der Waals surface area contributed by atoms with Gasteiger partial charge < -0.3 is 19.9 Å². The predicted molar refractivity (Wildman–Crippen MR) is 112 cm³/mol. The number of nitrogens with one attached hydrogen (secondary N) is 1. The summed E-state index contributed by atoms with van der Waals surface area (Å²) in [6.07, 6.45) is 4.14. The second-order valence-corrected chi connectivity index (χ2v) is 8.46. The Morgan fingerprint density at radius 3 is 2.50 bits per heavy atom. The number of carboxylic acids is 1. The number of alkyl carbamates (subject to hydrolysis) is 1. The van der Waals surface area contributed by atoms with Gasteiger partial charge >= 0.3 is 18.0 Å². The van der Waals surface area contributed by atoms with Crippen LogP contribution in [0.3, 0.4) is 0 Å². The van der Waals surface area contributed by atoms with Gasteiger partial charge in [-0.1, -0.05) is 32.8 Å². The summed E-state index contributed by atoms with van der Waals surface area (Å²) >= 11 is 0. The average Bonchev–Trinajstić information content (AvgIpc) is 2.64. The molecule has 0 bridgehead atoms. The largest absolute Gasteiger partial charge is 0.481 e. The van der Waals surface area contributed by atoms with Crippen LogP contribution < -0.4 is 5.32 Å². The van der Waals surface area contributed by atoms with E-state index in [2.05, 4.69) is 10.3 Å². The number of hydrogen-bond acceptors (Lipinski definition) is 6. The quantitative estimate of drug-likeness (QED) is 0.522. The lowest BCUT2D eigenvalue weighted by atomic mass is 9.95. The smallest absolute Gasteiger partial charge is 0.408 e. The Morgan fingerprint density at radius 1 is 1.27 bits per heavy atom. The van der Waals surface area contributed by atoms with Crippen LogP contribution in [-0.2, 0) is 25.5 Å². The fourth-order valence-electron chi connectivity index (χ4n) is 2.87. The summed E-state index contributed by atoms with van der Waals surface area (Å²) in [5.41, 5.74) is -0.00259. The van der Waals surface area contributed by atoms with Crippen LogP contribution in [0.1, 0.15) is 65.9 Å². The van der Waals surface area contributed by atoms with Crippen molar-refractivity contribution in [2.24, 2.45) is 5.92 Å². The average molecular weight is 423 g/mol. The molecule has 3 atom stereocenters. The van der Waals surface area contributed by atoms with Gasteiger partial charge in [0.2, 0.25) is 0 Å². The number of hydrogen-bond donors (Lipinski definition) is 2. The van der Waals surface area contributed by atoms with E-state index in [1.807, 2.05) is 13.8 Å². The minimum absolute atomic E-state index is 0.120. The first-order valence-electron chi connectivity index (χ1n) is 10.3. The number of ether oxygens (including phenoxy) is 2. The highest BCUT2D eigenvalue weighted by Crippen LogP contribution is 2.20. The topological polar surface area (TPSA) is 115 Å². The Labute approximate surface area is 178 Å². The number of nitrogens with zero attached hydrogens (tertiary/aromatic N) is 1. The first-order chi connectivity index (χ1) is 14.0. The number of aliphatic carboxylic acids is 1. The Hall–Kier alpha value is -2.64. The molecule has 0 radical (unpaired) electrons. The van der Waals surface area contributed by atoms with Gasteiger partial charge in [0.25, 0.3) is 0 Å². The zero-order valence-corrected chi connectivity index (χ0v) is 18.5. The van der Waals surface area contributed by atoms with Crippen LogP contribution in [0.4, 0.5) is 4.79 Å². The normalized spacial score (nSPS) is 14.3. The number of unbranched alkanes of at least 4 members (excludes halogenated alkanes) is 1. The number of carbonyl (C=O) groups is 3. The van der Waals surface area contributed by atoms with Gasteiger partial charge in [-0.05, 0) is 44.7 Å². The standard InChI is InChI=1S/C22H34N2O6/c1-6-7-9-15(2)18(13-19(25)26)29-20(27)17(12-16-10-8-11-23-14-16)24-21(28)30-22(3,4)5/h8,10-11,14-15,17-18H,6-7,9,12-13H2,1-5H3,(H,24,28)(H,25,26)/t15-,17-,18-/m0/s1. The van der Waals surface area contributed by atoms with Gasteiger partial charge in [-0.15, -0.1) is 0 Å². The number of carbonyl (C=O) groups excluding carboxylic acids is 2. The number of carboxylic acid groups (broad SMARTS) is 1. The van der Waals surface area contributed by atoms with Gasteiger partial charge in [0.1, 0.15) is 17.7 Å². The van der Waals surface area contributed by atoms with E-state index in [1.54, 1.807) is 45.3 Å². The lowest BCUT2D eigenvalue weighted by Gasteiger charge is -2.27. The van der Waals surface area contributed by atoms with E-state index in [0.717, 1.165) is 24.8 Å². The molecule has 0 aliphatic rings. The van der Waals surface area contributed by atoms with Crippen LogP contribution >= 0.6 is 0 Å². The Morgan fingerprint density at radius 2 is 1.97 bits per heavy atom. The molecule has 1 amide bonds. The Balaban J connectivity index is 2.96. The molecule has 168 valence electrons. The molecule has 1 rings (SSSR count). The van der Waals surface area contributed by atoms with Crippen LogP contribution in [0.25, 0.3) is 0 Å². The van der Waals surface area contributed by atoms with E-state index >= 15 is 0 Å². The maximum Gasteiger partial charge on any atom is 0.408 e. The molecule has 0 aliphatic heterocycles. The summed E-state index contributed by atoms with van der Waals surface area (Å²) in [5.74, 6) is -1.86. The number of pyridine rings is 1. The molecule has 2 N–H and O–H groups in total. The molecule has 1 aromatic rings. The Bertz CT molecular complexity index is 687. The fourth-order valence-corrected chi connectivity index (χ4v) is 2.87. The monoisotopic (exact) mass is 422 g/mol. The Kier molecular flexibility index (Phi) is 10.3. The molecular weight excluding hydrogens is 388 g/mol. The summed E-state index contributed by atoms with van der Waals surface area (Å²) in [5, 5.41) is 11.8. The molecule has 0 saturated heterocycles. The van der Waals surface area contributed by atoms with Crippen molar-refractivity contribution in [1.29, 1.82) is 0 Å². The molecule has 8 nitrogen and oxygen atoms in total. The van der Waals surface area contributed by atoms with Crippen molar-refractivity contribution in [3.63, 3.8) is 0 Å². The van der Waals surface area contributed by atoms with Crippen molar-refractivity contribution in [2.75, 3.05) is 0 Å². The van der Waals surface area contributed by atoms with Gasteiger partial charge in [0.15, 0.2) is 0 Å². The van der Waals surface area contributed by atoms with Gasteiger partial charge in [0.05, 0.1) is 6.42 Å². The highest BCUT2D eigenvalue weighted by Gasteiger charge is 2.30. The first kappa shape index (κ1) is 25.4. The molecule has 1 aromatic heterocycles. The van der Waals surface area contributed by atoms with E-state index in [1.165, 1.54) is 0 Å². The summed E-state index contributed by atoms with van der Waals surface area (Å²) in [6.45, 7) is 9.07. The fraction of sp³-hybridized carbons (Fsp3) is 0.636. The molecule has 0 aliphatic carbocycles. The third kappa shape index (κ3) is 10.2. The molecule has 0 saturated carbocycles. The van der Waals surface area contributed by atoms with Crippen LogP contribution in [-0.4, -0.2) is 45.9 Å². The van der Waals surface area contributed by atoms with E-state index in [9.17, 15) is 19.5 Å². The number of aromatic nitrogens is 1. The molecule has 0 spiro atoms. The molecule has 1 heterocycles. The van der Waals surface area contributed by atoms with Gasteiger partial charge in [0, 0.05) is 18.8 Å². The van der Waals surface area contributed by atoms with E-state index in [-0.39, 0.29) is 18.8 Å². The highest BCUT2D eigenvalue weighted by atomic mass is 16.6. The van der Waals surface area contributed by atoms with E-state index in [4.69, 9.17) is 9.47 Å². The zero-order chi connectivity index (χ0) is 22.7. The summed E-state index contributed by atoms with van der Waals surface area (Å²) in [6, 6.07) is 2.48. The second-order valence-electron chi connectivity index (χ2n) is 8.46. The maximum absolute atomic E-state index is 12.9. The van der Waals surface area contributed by atoms with Crippen molar-refractivity contribution < 1.29 is 29.0 Å². The molecule has 30 heavy (non-hydrogen) atoms. The first-order valence-corrected chi connectivity index (χ1v) is 10.3. The van der Waals surface area contributed by atoms with Crippen molar-refractivity contribution in [3.8, 4) is 0 Å². The van der Waals surface area contributed by atoms with Crippen molar-refractivity contribution in [2.45, 2.75) is 84.5 Å². The molecule has 0 unspecified atom stereocenters. The highest BCUT2D eigenvalue weighted by molar-refractivity contribution is 5.82. The summed E-state index contributed by atoms with van der Waals surface area (Å²) in [7, 11) is 0. The maximum atomic E-state index is 12.9. The second kappa shape index (κ2) is 12.1. The van der Waals surface area contributed by atoms with Crippen molar-refractivity contribution >= 4 is 18.0 Å². The van der Waals surface area contributed by atoms with E-state index < -0.39 is 35.8 Å². The van der Waals surface area contributed by atoms with Gasteiger partial charge in [-0.25, -0.2) is 9.59 Å². The number of esters is 1. The van der Waals surface area contributed by atoms with Gasteiger partial charge in [-0.3, -0.25) is 9.78 Å². The molecule has 0 aromatic carbocycles. The summed E-state index contributed by atoms with van der Waals surface area (Å²) < 4.78 is 10.8. The van der Waals surface area contributed by atoms with Gasteiger partial charge in [-0.2, -0.15) is 0 Å². The third-order valence-electron chi connectivity index (χ3n) is 4.43. The van der Waals surface area contributed by atoms with Crippen LogP contribution in [0.15, 0.2) is 24.5 Å². The number of amides is 1. The van der Waals surface area contributed by atoms with Crippen LogP contribution in [0.2, 0.25) is 0 Å². The lowest BCUT2D eigenvalue weighted by Crippen LogP contribution is -2.47. The minimum Gasteiger partial charge on any atom is -0.481 e. The molecular formula is C22H34N2O6. The summed E-state index contributed by atoms with van der Waals surface area (Å²) in [4.78, 5) is 40.5. The van der Waals surface area contributed by atoms with E-state index in [0.29, 0.717) is 0 Å². The van der Waals surface area contributed by atoms with Crippen LogP contribution in [0, 0.1) is 5.92 Å². The molecule has 0 fully saturated rings. The molecule has 8 heteroatoms. The number of rotatable bonds is 11. The van der Waals surface area contributed by atoms with Crippen molar-refractivity contribution in [1.82, 2.24) is 10.3 Å². The zero-order valence-electron chi connectivity index (χ0n) is 18.5. The third-order valence-corrected chi connectivity index (χ3v) is 4.43.